The molecule has 29 heavy (non-hydrogen) atoms. The van der Waals surface area contributed by atoms with Gasteiger partial charge in [-0.15, -0.1) is 0 Å². The third kappa shape index (κ3) is 3.64. The van der Waals surface area contributed by atoms with E-state index in [-0.39, 0.29) is 0 Å². The Labute approximate surface area is 171 Å². The van der Waals surface area contributed by atoms with Crippen LogP contribution in [0.25, 0.3) is 22.4 Å². The molecule has 2 heterocycles. The summed E-state index contributed by atoms with van der Waals surface area (Å²) in [6.07, 6.45) is 3.22. The minimum absolute atomic E-state index is 0.402. The fraction of sp³-hybridized carbons (Fsp3) is 0.143. The fourth-order valence-corrected chi connectivity index (χ4v) is 3.28. The van der Waals surface area contributed by atoms with E-state index in [0.29, 0.717) is 34.4 Å². The van der Waals surface area contributed by atoms with Gasteiger partial charge in [0.25, 0.3) is 0 Å². The van der Waals surface area contributed by atoms with E-state index in [0.717, 1.165) is 16.5 Å². The molecule has 2 aromatic carbocycles. The van der Waals surface area contributed by atoms with Crippen molar-refractivity contribution < 1.29 is 14.3 Å². The molecule has 0 N–H and O–H groups in total. The van der Waals surface area contributed by atoms with Gasteiger partial charge in [0.15, 0.2) is 11.6 Å². The third-order valence-corrected chi connectivity index (χ3v) is 4.88. The maximum absolute atomic E-state index is 11.7. The van der Waals surface area contributed by atoms with E-state index in [1.807, 2.05) is 28.9 Å². The molecule has 0 aliphatic heterocycles. The molecule has 4 rings (SSSR count). The molecule has 0 atom stereocenters. The molecule has 0 radical (unpaired) electrons. The van der Waals surface area contributed by atoms with Crippen molar-refractivity contribution in [1.29, 1.82) is 0 Å². The van der Waals surface area contributed by atoms with Crippen molar-refractivity contribution in [3.05, 3.63) is 71.0 Å². The van der Waals surface area contributed by atoms with E-state index in [9.17, 15) is 4.79 Å². The van der Waals surface area contributed by atoms with Gasteiger partial charge in [0, 0.05) is 10.4 Å². The summed E-state index contributed by atoms with van der Waals surface area (Å²) in [5.74, 6) is 0.657. The minimum atomic E-state index is -0.429. The lowest BCUT2D eigenvalue weighted by Crippen LogP contribution is -2.05. The number of ether oxygens (including phenoxy) is 2. The fourth-order valence-electron chi connectivity index (χ4n) is 3.04. The maximum atomic E-state index is 11.7. The average molecular weight is 409 g/mol. The first kappa shape index (κ1) is 18.9. The van der Waals surface area contributed by atoms with Crippen LogP contribution in [0.4, 0.5) is 0 Å². The summed E-state index contributed by atoms with van der Waals surface area (Å²) in [6, 6.07) is 12.9. The number of para-hydroxylation sites is 1. The molecule has 7 nitrogen and oxygen atoms in total. The van der Waals surface area contributed by atoms with Crippen molar-refractivity contribution in [2.75, 3.05) is 14.2 Å². The molecule has 0 saturated heterocycles. The number of benzene rings is 2. The van der Waals surface area contributed by atoms with Crippen molar-refractivity contribution in [1.82, 2.24) is 19.7 Å². The first-order valence-electron chi connectivity index (χ1n) is 8.79. The molecule has 0 unspecified atom stereocenters. The molecule has 146 valence electrons. The van der Waals surface area contributed by atoms with E-state index in [1.54, 1.807) is 37.7 Å². The number of hydrogen-bond acceptors (Lipinski definition) is 6. The van der Waals surface area contributed by atoms with E-state index in [2.05, 4.69) is 9.97 Å². The van der Waals surface area contributed by atoms with Crippen LogP contribution in [0.5, 0.6) is 5.75 Å². The van der Waals surface area contributed by atoms with Gasteiger partial charge in [-0.2, -0.15) is 5.10 Å². The number of halogens is 1. The Morgan fingerprint density at radius 2 is 1.86 bits per heavy atom. The van der Waals surface area contributed by atoms with Gasteiger partial charge in [0.2, 0.25) is 0 Å². The van der Waals surface area contributed by atoms with Gasteiger partial charge in [-0.05, 0) is 23.8 Å². The number of methoxy groups -OCH3 is 2. The van der Waals surface area contributed by atoms with Crippen LogP contribution in [0.3, 0.4) is 0 Å². The number of aromatic nitrogens is 4. The van der Waals surface area contributed by atoms with Crippen LogP contribution in [0.15, 0.2) is 54.9 Å². The number of carbonyl (C=O) groups excluding carboxylic acids is 1. The number of hydrogen-bond donors (Lipinski definition) is 0. The average Bonchev–Trinajstić information content (AvgIpc) is 3.13. The first-order valence-corrected chi connectivity index (χ1v) is 9.17. The largest absolute Gasteiger partial charge is 0.494 e. The summed E-state index contributed by atoms with van der Waals surface area (Å²) in [5, 5.41) is 6.12. The van der Waals surface area contributed by atoms with Gasteiger partial charge in [0.05, 0.1) is 44.2 Å². The summed E-state index contributed by atoms with van der Waals surface area (Å²) < 4.78 is 11.7. The molecule has 8 heteroatoms. The lowest BCUT2D eigenvalue weighted by molar-refractivity contribution is 0.0600. The second-order valence-electron chi connectivity index (χ2n) is 6.27. The quantitative estimate of drug-likeness (QED) is 0.464. The Morgan fingerprint density at radius 3 is 2.55 bits per heavy atom. The molecule has 0 bridgehead atoms. The second-order valence-corrected chi connectivity index (χ2v) is 6.67. The topological polar surface area (TPSA) is 79.1 Å². The predicted molar refractivity (Wildman–Crippen MR) is 109 cm³/mol. The molecular formula is C21H17ClN4O3. The molecule has 4 aromatic rings. The number of rotatable bonds is 5. The molecule has 0 spiro atoms. The molecule has 0 aliphatic carbocycles. The van der Waals surface area contributed by atoms with Gasteiger partial charge in [-0.25, -0.2) is 14.8 Å². The standard InChI is InChI=1S/C21H17ClN4O3/c1-28-15-10-23-20(24-11-15)19-16-5-3-4-6-18(16)26(25-19)12-14-8-7-13(9-17(14)22)21(27)29-2/h3-11H,12H2,1-2H3. The van der Waals surface area contributed by atoms with E-state index in [1.165, 1.54) is 7.11 Å². The van der Waals surface area contributed by atoms with Crippen LogP contribution >= 0.6 is 11.6 Å². The van der Waals surface area contributed by atoms with Gasteiger partial charge >= 0.3 is 5.97 Å². The van der Waals surface area contributed by atoms with E-state index < -0.39 is 5.97 Å². The Kier molecular flexibility index (Phi) is 5.14. The van der Waals surface area contributed by atoms with Crippen molar-refractivity contribution in [2.24, 2.45) is 0 Å². The molecule has 0 amide bonds. The molecule has 0 aliphatic rings. The number of esters is 1. The van der Waals surface area contributed by atoms with Crippen molar-refractivity contribution in [2.45, 2.75) is 6.54 Å². The highest BCUT2D eigenvalue weighted by molar-refractivity contribution is 6.31. The maximum Gasteiger partial charge on any atom is 0.337 e. The Hall–Kier alpha value is -3.45. The Bertz CT molecular complexity index is 1190. The van der Waals surface area contributed by atoms with Crippen molar-refractivity contribution in [3.8, 4) is 17.3 Å². The minimum Gasteiger partial charge on any atom is -0.494 e. The lowest BCUT2D eigenvalue weighted by atomic mass is 10.1. The predicted octanol–water partition coefficient (Wildman–Crippen LogP) is 3.99. The van der Waals surface area contributed by atoms with Crippen LogP contribution in [-0.4, -0.2) is 39.9 Å². The molecule has 0 fully saturated rings. The Morgan fingerprint density at radius 1 is 1.10 bits per heavy atom. The monoisotopic (exact) mass is 408 g/mol. The van der Waals surface area contributed by atoms with Gasteiger partial charge < -0.3 is 9.47 Å². The number of fused-ring (bicyclic) bond motifs is 1. The second kappa shape index (κ2) is 7.89. The highest BCUT2D eigenvalue weighted by atomic mass is 35.5. The van der Waals surface area contributed by atoms with E-state index >= 15 is 0 Å². The lowest BCUT2D eigenvalue weighted by Gasteiger charge is -2.08. The summed E-state index contributed by atoms with van der Waals surface area (Å²) in [5.41, 5.74) is 2.83. The van der Waals surface area contributed by atoms with Crippen LogP contribution in [-0.2, 0) is 11.3 Å². The summed E-state index contributed by atoms with van der Waals surface area (Å²) in [4.78, 5) is 20.4. The normalized spacial score (nSPS) is 10.9. The smallest absolute Gasteiger partial charge is 0.337 e. The van der Waals surface area contributed by atoms with E-state index in [4.69, 9.17) is 26.2 Å². The highest BCUT2D eigenvalue weighted by Crippen LogP contribution is 2.28. The van der Waals surface area contributed by atoms with Crippen LogP contribution in [0.1, 0.15) is 15.9 Å². The van der Waals surface area contributed by atoms with Crippen molar-refractivity contribution >= 4 is 28.5 Å². The molecule has 0 saturated carbocycles. The number of nitrogens with zero attached hydrogens (tertiary/aromatic N) is 4. The van der Waals surface area contributed by atoms with Crippen LogP contribution in [0, 0.1) is 0 Å². The molecular weight excluding hydrogens is 392 g/mol. The van der Waals surface area contributed by atoms with Crippen LogP contribution in [0.2, 0.25) is 5.02 Å². The summed E-state index contributed by atoms with van der Waals surface area (Å²) in [6.45, 7) is 0.428. The summed E-state index contributed by atoms with van der Waals surface area (Å²) >= 11 is 6.40. The van der Waals surface area contributed by atoms with Crippen molar-refractivity contribution in [3.63, 3.8) is 0 Å². The van der Waals surface area contributed by atoms with Gasteiger partial charge in [0.1, 0.15) is 5.69 Å². The zero-order valence-electron chi connectivity index (χ0n) is 15.8. The van der Waals surface area contributed by atoms with Gasteiger partial charge in [-0.3, -0.25) is 4.68 Å². The molecule has 2 aromatic heterocycles. The highest BCUT2D eigenvalue weighted by Gasteiger charge is 2.16. The zero-order chi connectivity index (χ0) is 20.4. The third-order valence-electron chi connectivity index (χ3n) is 4.53. The Balaban J connectivity index is 1.74. The van der Waals surface area contributed by atoms with Gasteiger partial charge in [-0.1, -0.05) is 35.9 Å². The SMILES string of the molecule is COC(=O)c1ccc(Cn2nc(-c3ncc(OC)cn3)c3ccccc32)c(Cl)c1. The summed E-state index contributed by atoms with van der Waals surface area (Å²) in [7, 11) is 2.90. The first-order chi connectivity index (χ1) is 14.1. The van der Waals surface area contributed by atoms with Crippen LogP contribution < -0.4 is 4.74 Å². The zero-order valence-corrected chi connectivity index (χ0v) is 16.6. The number of carbonyl (C=O) groups is 1.